The molecule has 3 aromatic carbocycles. The number of anilines is 1. The monoisotopic (exact) mass is 392 g/mol. The molecule has 0 unspecified atom stereocenters. The molecule has 0 aromatic heterocycles. The summed E-state index contributed by atoms with van der Waals surface area (Å²) in [6, 6.07) is 23.9. The van der Waals surface area contributed by atoms with E-state index in [1.54, 1.807) is 13.1 Å². The van der Waals surface area contributed by atoms with Crippen LogP contribution in [0.15, 0.2) is 78.9 Å². The van der Waals surface area contributed by atoms with Crippen molar-refractivity contribution in [3.05, 3.63) is 95.8 Å². The van der Waals surface area contributed by atoms with Crippen molar-refractivity contribution in [1.29, 1.82) is 0 Å². The number of ether oxygens (including phenoxy) is 1. The van der Waals surface area contributed by atoms with Gasteiger partial charge in [-0.2, -0.15) is 0 Å². The van der Waals surface area contributed by atoms with Gasteiger partial charge in [0.05, 0.1) is 24.4 Å². The summed E-state index contributed by atoms with van der Waals surface area (Å²) in [4.78, 5) is 2.13. The molecular formula is C24H25FN2O2. The number of rotatable bonds is 6. The van der Waals surface area contributed by atoms with Crippen LogP contribution in [0.1, 0.15) is 23.3 Å². The Labute approximate surface area is 170 Å². The van der Waals surface area contributed by atoms with Crippen molar-refractivity contribution in [3.63, 3.8) is 0 Å². The molecule has 4 rings (SSSR count). The largest absolute Gasteiger partial charge is 0.482 e. The highest BCUT2D eigenvalue weighted by Crippen LogP contribution is 2.43. The van der Waals surface area contributed by atoms with Gasteiger partial charge in [-0.1, -0.05) is 54.6 Å². The van der Waals surface area contributed by atoms with Gasteiger partial charge in [0.15, 0.2) is 0 Å². The van der Waals surface area contributed by atoms with Crippen molar-refractivity contribution < 1.29 is 14.2 Å². The number of benzene rings is 3. The van der Waals surface area contributed by atoms with Gasteiger partial charge in [0.1, 0.15) is 17.7 Å². The van der Waals surface area contributed by atoms with Crippen LogP contribution in [0.25, 0.3) is 0 Å². The summed E-state index contributed by atoms with van der Waals surface area (Å²) in [5.41, 5.74) is 2.69. The summed E-state index contributed by atoms with van der Waals surface area (Å²) >= 11 is 0. The normalized spacial score (nSPS) is 17.9. The molecule has 5 heteroatoms. The van der Waals surface area contributed by atoms with E-state index in [1.165, 1.54) is 12.1 Å². The van der Waals surface area contributed by atoms with Gasteiger partial charge in [0, 0.05) is 6.54 Å². The molecule has 1 aliphatic rings. The fourth-order valence-corrected chi connectivity index (χ4v) is 3.99. The average molecular weight is 392 g/mol. The van der Waals surface area contributed by atoms with Crippen LogP contribution in [0.3, 0.4) is 0 Å². The first kappa shape index (κ1) is 19.4. The molecule has 29 heavy (non-hydrogen) atoms. The minimum atomic E-state index is -0.732. The fourth-order valence-electron chi connectivity index (χ4n) is 3.99. The third-order valence-electron chi connectivity index (χ3n) is 5.28. The Morgan fingerprint density at radius 3 is 2.59 bits per heavy atom. The predicted molar refractivity (Wildman–Crippen MR) is 113 cm³/mol. The maximum absolute atomic E-state index is 14.0. The number of para-hydroxylation sites is 2. The zero-order chi connectivity index (χ0) is 20.2. The molecule has 0 saturated carbocycles. The minimum absolute atomic E-state index is 0.191. The Balaban J connectivity index is 1.79. The van der Waals surface area contributed by atoms with Crippen LogP contribution in [0, 0.1) is 5.82 Å². The molecule has 0 aliphatic carbocycles. The van der Waals surface area contributed by atoms with Gasteiger partial charge in [0.25, 0.3) is 0 Å². The van der Waals surface area contributed by atoms with Crippen molar-refractivity contribution in [2.24, 2.45) is 0 Å². The lowest BCUT2D eigenvalue weighted by atomic mass is 9.96. The molecule has 2 N–H and O–H groups in total. The van der Waals surface area contributed by atoms with E-state index in [-0.39, 0.29) is 11.9 Å². The number of aliphatic hydroxyl groups is 1. The van der Waals surface area contributed by atoms with E-state index in [4.69, 9.17) is 4.74 Å². The second-order valence-corrected chi connectivity index (χ2v) is 7.26. The summed E-state index contributed by atoms with van der Waals surface area (Å²) in [5.74, 6) is 0.441. The zero-order valence-corrected chi connectivity index (χ0v) is 16.3. The third-order valence-corrected chi connectivity index (χ3v) is 5.28. The molecular weight excluding hydrogens is 367 g/mol. The van der Waals surface area contributed by atoms with E-state index in [2.05, 4.69) is 10.2 Å². The molecule has 1 aliphatic heterocycles. The van der Waals surface area contributed by atoms with E-state index >= 15 is 0 Å². The Hall–Kier alpha value is -2.89. The van der Waals surface area contributed by atoms with Crippen molar-refractivity contribution in [2.45, 2.75) is 18.2 Å². The van der Waals surface area contributed by atoms with Crippen LogP contribution in [-0.2, 0) is 0 Å². The molecule has 3 atom stereocenters. The highest BCUT2D eigenvalue weighted by atomic mass is 19.1. The molecule has 0 amide bonds. The summed E-state index contributed by atoms with van der Waals surface area (Å²) in [7, 11) is 1.80. The van der Waals surface area contributed by atoms with Crippen LogP contribution in [0.4, 0.5) is 10.1 Å². The topological polar surface area (TPSA) is 44.7 Å². The number of likely N-dealkylation sites (N-methyl/N-ethyl adjacent to an activating group) is 1. The molecule has 0 saturated heterocycles. The zero-order valence-electron chi connectivity index (χ0n) is 16.3. The lowest BCUT2D eigenvalue weighted by Crippen LogP contribution is -2.45. The number of halogens is 1. The number of aliphatic hydroxyl groups excluding tert-OH is 1. The lowest BCUT2D eigenvalue weighted by Gasteiger charge is -2.43. The number of nitrogens with zero attached hydrogens (tertiary/aromatic N) is 1. The third kappa shape index (κ3) is 4.11. The van der Waals surface area contributed by atoms with Gasteiger partial charge in [-0.15, -0.1) is 0 Å². The van der Waals surface area contributed by atoms with Gasteiger partial charge < -0.3 is 20.1 Å². The van der Waals surface area contributed by atoms with Crippen LogP contribution in [0.5, 0.6) is 5.75 Å². The van der Waals surface area contributed by atoms with Gasteiger partial charge >= 0.3 is 0 Å². The SMILES string of the molecule is CNC[C@@H](O)[C@H](c1cccc(F)c1)N1C[C@@H](c2ccccc2)Oc2ccccc21. The molecule has 0 spiro atoms. The van der Waals surface area contributed by atoms with E-state index < -0.39 is 12.1 Å². The number of nitrogens with one attached hydrogen (secondary N) is 1. The summed E-state index contributed by atoms with van der Waals surface area (Å²) in [5, 5.41) is 14.1. The first-order chi connectivity index (χ1) is 14.2. The molecule has 0 bridgehead atoms. The van der Waals surface area contributed by atoms with E-state index in [0.717, 1.165) is 22.6 Å². The van der Waals surface area contributed by atoms with Crippen molar-refractivity contribution >= 4 is 5.69 Å². The van der Waals surface area contributed by atoms with Crippen LogP contribution < -0.4 is 15.0 Å². The molecule has 4 nitrogen and oxygen atoms in total. The van der Waals surface area contributed by atoms with Crippen molar-refractivity contribution in [3.8, 4) is 5.75 Å². The summed E-state index contributed by atoms with van der Waals surface area (Å²) in [6.45, 7) is 0.930. The number of fused-ring (bicyclic) bond motifs is 1. The minimum Gasteiger partial charge on any atom is -0.482 e. The van der Waals surface area contributed by atoms with E-state index in [0.29, 0.717) is 13.1 Å². The first-order valence-electron chi connectivity index (χ1n) is 9.83. The highest BCUT2D eigenvalue weighted by molar-refractivity contribution is 5.62. The van der Waals surface area contributed by atoms with E-state index in [1.807, 2.05) is 60.7 Å². The Morgan fingerprint density at radius 2 is 1.83 bits per heavy atom. The highest BCUT2D eigenvalue weighted by Gasteiger charge is 2.35. The number of hydrogen-bond acceptors (Lipinski definition) is 4. The smallest absolute Gasteiger partial charge is 0.143 e. The van der Waals surface area contributed by atoms with Crippen LogP contribution in [0.2, 0.25) is 0 Å². The van der Waals surface area contributed by atoms with Crippen molar-refractivity contribution in [2.75, 3.05) is 25.0 Å². The molecule has 0 radical (unpaired) electrons. The fraction of sp³-hybridized carbons (Fsp3) is 0.250. The molecule has 0 fully saturated rings. The predicted octanol–water partition coefficient (Wildman–Crippen LogP) is 4.09. The second kappa shape index (κ2) is 8.64. The molecule has 1 heterocycles. The Morgan fingerprint density at radius 1 is 1.07 bits per heavy atom. The van der Waals surface area contributed by atoms with Gasteiger partial charge in [0.2, 0.25) is 0 Å². The Kier molecular flexibility index (Phi) is 5.79. The van der Waals surface area contributed by atoms with Gasteiger partial charge in [-0.3, -0.25) is 0 Å². The van der Waals surface area contributed by atoms with Crippen LogP contribution in [-0.4, -0.2) is 31.3 Å². The van der Waals surface area contributed by atoms with Gasteiger partial charge in [-0.25, -0.2) is 4.39 Å². The summed E-state index contributed by atoms with van der Waals surface area (Å²) in [6.07, 6.45) is -0.923. The second-order valence-electron chi connectivity index (χ2n) is 7.26. The van der Waals surface area contributed by atoms with Gasteiger partial charge in [-0.05, 0) is 42.4 Å². The first-order valence-corrected chi connectivity index (χ1v) is 9.83. The number of hydrogen-bond donors (Lipinski definition) is 2. The quantitative estimate of drug-likeness (QED) is 0.663. The molecule has 3 aromatic rings. The maximum atomic E-state index is 14.0. The summed E-state index contributed by atoms with van der Waals surface area (Å²) < 4.78 is 20.3. The lowest BCUT2D eigenvalue weighted by molar-refractivity contribution is 0.124. The standard InChI is InChI=1S/C24H25FN2O2/c1-26-15-21(28)24(18-10-7-11-19(25)14-18)27-16-23(17-8-3-2-4-9-17)29-22-13-6-5-12-20(22)27/h2-14,21,23-24,26,28H,15-16H2,1H3/t21-,23+,24+/m1/s1. The van der Waals surface area contributed by atoms with Crippen molar-refractivity contribution in [1.82, 2.24) is 5.32 Å². The van der Waals surface area contributed by atoms with Crippen LogP contribution >= 0.6 is 0 Å². The van der Waals surface area contributed by atoms with E-state index in [9.17, 15) is 9.50 Å². The Bertz CT molecular complexity index is 950. The maximum Gasteiger partial charge on any atom is 0.143 e. The molecule has 150 valence electrons. The average Bonchev–Trinajstić information content (AvgIpc) is 2.75.